The number of hydrogen-bond acceptors (Lipinski definition) is 5. The highest BCUT2D eigenvalue weighted by Crippen LogP contribution is 2.38. The van der Waals surface area contributed by atoms with Gasteiger partial charge in [0.2, 0.25) is 5.88 Å². The predicted octanol–water partition coefficient (Wildman–Crippen LogP) is 0.574. The Labute approximate surface area is 94.7 Å². The van der Waals surface area contributed by atoms with Gasteiger partial charge in [0.15, 0.2) is 0 Å². The van der Waals surface area contributed by atoms with Crippen LogP contribution in [0.1, 0.15) is 31.4 Å². The molecule has 5 heteroatoms. The van der Waals surface area contributed by atoms with E-state index in [1.807, 2.05) is 0 Å². The first-order chi connectivity index (χ1) is 7.65. The first-order valence-electron chi connectivity index (χ1n) is 5.49. The van der Waals surface area contributed by atoms with Crippen molar-refractivity contribution in [2.24, 2.45) is 5.73 Å². The third-order valence-electron chi connectivity index (χ3n) is 3.06. The van der Waals surface area contributed by atoms with Crippen LogP contribution in [-0.2, 0) is 5.60 Å². The summed E-state index contributed by atoms with van der Waals surface area (Å²) >= 11 is 0. The number of hydrogen-bond donors (Lipinski definition) is 2. The van der Waals surface area contributed by atoms with Crippen LogP contribution in [0.3, 0.4) is 0 Å². The molecule has 1 aliphatic rings. The maximum Gasteiger partial charge on any atom is 0.238 e. The van der Waals surface area contributed by atoms with Crippen molar-refractivity contribution in [3.8, 4) is 5.88 Å². The maximum absolute atomic E-state index is 10.6. The lowest BCUT2D eigenvalue weighted by molar-refractivity contribution is -0.0136. The fraction of sp³-hybridized carbons (Fsp3) is 0.636. The average Bonchev–Trinajstić information content (AvgIpc) is 2.29. The van der Waals surface area contributed by atoms with E-state index in [0.29, 0.717) is 24.4 Å². The second kappa shape index (κ2) is 4.35. The van der Waals surface area contributed by atoms with Gasteiger partial charge in [-0.1, -0.05) is 0 Å². The van der Waals surface area contributed by atoms with E-state index >= 15 is 0 Å². The number of rotatable bonds is 2. The number of nitrogens with two attached hydrogens (primary N) is 1. The molecule has 1 aromatic heterocycles. The third kappa shape index (κ3) is 2.01. The zero-order valence-corrected chi connectivity index (χ0v) is 9.39. The molecular weight excluding hydrogens is 206 g/mol. The fourth-order valence-corrected chi connectivity index (χ4v) is 2.30. The molecule has 2 rings (SSSR count). The Balaban J connectivity index is 2.34. The van der Waals surface area contributed by atoms with Crippen LogP contribution < -0.4 is 10.5 Å². The lowest BCUT2D eigenvalue weighted by Gasteiger charge is -2.34. The second-order valence-corrected chi connectivity index (χ2v) is 4.30. The number of methoxy groups -OCH3 is 1. The summed E-state index contributed by atoms with van der Waals surface area (Å²) in [7, 11) is 1.53. The van der Waals surface area contributed by atoms with E-state index in [9.17, 15) is 5.11 Å². The zero-order valence-electron chi connectivity index (χ0n) is 9.39. The summed E-state index contributed by atoms with van der Waals surface area (Å²) in [4.78, 5) is 8.24. The lowest BCUT2D eigenvalue weighted by Crippen LogP contribution is -2.40. The van der Waals surface area contributed by atoms with E-state index in [-0.39, 0.29) is 6.04 Å². The van der Waals surface area contributed by atoms with Crippen molar-refractivity contribution >= 4 is 0 Å². The van der Waals surface area contributed by atoms with Crippen molar-refractivity contribution in [2.75, 3.05) is 7.11 Å². The molecule has 0 bridgehead atoms. The number of nitrogens with zero attached hydrogens (tertiary/aromatic N) is 2. The van der Waals surface area contributed by atoms with E-state index in [2.05, 4.69) is 9.97 Å². The van der Waals surface area contributed by atoms with Gasteiger partial charge in [-0.05, 0) is 25.7 Å². The highest BCUT2D eigenvalue weighted by Gasteiger charge is 2.38. The van der Waals surface area contributed by atoms with Crippen LogP contribution in [0.4, 0.5) is 0 Å². The molecule has 2 atom stereocenters. The molecule has 0 aromatic carbocycles. The van der Waals surface area contributed by atoms with E-state index < -0.39 is 5.60 Å². The van der Waals surface area contributed by atoms with Crippen LogP contribution in [0.5, 0.6) is 5.88 Å². The average molecular weight is 223 g/mol. The van der Waals surface area contributed by atoms with Gasteiger partial charge in [-0.3, -0.25) is 4.98 Å². The van der Waals surface area contributed by atoms with Gasteiger partial charge in [0.25, 0.3) is 0 Å². The molecule has 88 valence electrons. The first-order valence-corrected chi connectivity index (χ1v) is 5.49. The summed E-state index contributed by atoms with van der Waals surface area (Å²) in [5.41, 5.74) is 5.41. The first kappa shape index (κ1) is 11.3. The maximum atomic E-state index is 10.6. The van der Waals surface area contributed by atoms with Gasteiger partial charge in [-0.25, -0.2) is 4.98 Å². The molecule has 0 saturated heterocycles. The van der Waals surface area contributed by atoms with Crippen LogP contribution >= 0.6 is 0 Å². The van der Waals surface area contributed by atoms with Gasteiger partial charge in [0.05, 0.1) is 7.11 Å². The van der Waals surface area contributed by atoms with E-state index in [1.54, 1.807) is 12.4 Å². The molecule has 1 saturated carbocycles. The van der Waals surface area contributed by atoms with Crippen LogP contribution in [0.2, 0.25) is 0 Å². The van der Waals surface area contributed by atoms with Crippen LogP contribution in [0.25, 0.3) is 0 Å². The highest BCUT2D eigenvalue weighted by atomic mass is 16.5. The molecule has 1 fully saturated rings. The topological polar surface area (TPSA) is 81.3 Å². The summed E-state index contributed by atoms with van der Waals surface area (Å²) in [5.74, 6) is 0.388. The van der Waals surface area contributed by atoms with Crippen LogP contribution in [0.15, 0.2) is 12.4 Å². The summed E-state index contributed by atoms with van der Waals surface area (Å²) in [6.45, 7) is 0. The molecule has 1 aromatic rings. The van der Waals surface area contributed by atoms with Crippen molar-refractivity contribution in [1.29, 1.82) is 0 Å². The van der Waals surface area contributed by atoms with Gasteiger partial charge in [0, 0.05) is 18.4 Å². The SMILES string of the molecule is COc1nccnc1C1(O)CCCC(N)C1. The summed E-state index contributed by atoms with van der Waals surface area (Å²) in [5, 5.41) is 10.6. The van der Waals surface area contributed by atoms with Gasteiger partial charge in [0.1, 0.15) is 11.3 Å². The Kier molecular flexibility index (Phi) is 3.07. The van der Waals surface area contributed by atoms with Gasteiger partial charge >= 0.3 is 0 Å². The molecule has 16 heavy (non-hydrogen) atoms. The second-order valence-electron chi connectivity index (χ2n) is 4.30. The lowest BCUT2D eigenvalue weighted by atomic mass is 9.80. The molecule has 0 amide bonds. The molecule has 0 radical (unpaired) electrons. The minimum atomic E-state index is -0.989. The van der Waals surface area contributed by atoms with Crippen molar-refractivity contribution in [3.63, 3.8) is 0 Å². The van der Waals surface area contributed by atoms with Crippen molar-refractivity contribution in [3.05, 3.63) is 18.1 Å². The fourth-order valence-electron chi connectivity index (χ4n) is 2.30. The molecule has 3 N–H and O–H groups in total. The Morgan fingerprint density at radius 3 is 2.94 bits per heavy atom. The standard InChI is InChI=1S/C11H17N3O2/c1-16-10-9(13-5-6-14-10)11(15)4-2-3-8(12)7-11/h5-6,8,15H,2-4,7,12H2,1H3. The molecule has 2 unspecified atom stereocenters. The molecule has 0 spiro atoms. The summed E-state index contributed by atoms with van der Waals surface area (Å²) in [6, 6.07) is 0.0189. The number of ether oxygens (including phenoxy) is 1. The van der Waals surface area contributed by atoms with Crippen molar-refractivity contribution in [1.82, 2.24) is 9.97 Å². The molecule has 1 aliphatic carbocycles. The number of aliphatic hydroxyl groups is 1. The monoisotopic (exact) mass is 223 g/mol. The Hall–Kier alpha value is -1.20. The Bertz CT molecular complexity index is 372. The smallest absolute Gasteiger partial charge is 0.238 e. The minimum Gasteiger partial charge on any atom is -0.480 e. The van der Waals surface area contributed by atoms with Gasteiger partial charge in [-0.15, -0.1) is 0 Å². The van der Waals surface area contributed by atoms with E-state index in [1.165, 1.54) is 7.11 Å². The predicted molar refractivity (Wildman–Crippen MR) is 58.9 cm³/mol. The number of aromatic nitrogens is 2. The van der Waals surface area contributed by atoms with Crippen LogP contribution in [0, 0.1) is 0 Å². The quantitative estimate of drug-likeness (QED) is 0.766. The van der Waals surface area contributed by atoms with Gasteiger partial charge in [-0.2, -0.15) is 0 Å². The minimum absolute atomic E-state index is 0.0189. The largest absolute Gasteiger partial charge is 0.480 e. The Morgan fingerprint density at radius 2 is 2.25 bits per heavy atom. The summed E-state index contributed by atoms with van der Waals surface area (Å²) in [6.07, 6.45) is 6.14. The molecule has 0 aliphatic heterocycles. The zero-order chi connectivity index (χ0) is 11.6. The van der Waals surface area contributed by atoms with Crippen molar-refractivity contribution in [2.45, 2.75) is 37.3 Å². The molecule has 5 nitrogen and oxygen atoms in total. The molecular formula is C11H17N3O2. The summed E-state index contributed by atoms with van der Waals surface area (Å²) < 4.78 is 5.12. The Morgan fingerprint density at radius 1 is 1.50 bits per heavy atom. The van der Waals surface area contributed by atoms with Crippen molar-refractivity contribution < 1.29 is 9.84 Å². The van der Waals surface area contributed by atoms with Gasteiger partial charge < -0.3 is 15.6 Å². The van der Waals surface area contributed by atoms with E-state index in [0.717, 1.165) is 12.8 Å². The van der Waals surface area contributed by atoms with Crippen LogP contribution in [-0.4, -0.2) is 28.2 Å². The molecule has 1 heterocycles. The normalized spacial score (nSPS) is 30.1. The van der Waals surface area contributed by atoms with E-state index in [4.69, 9.17) is 10.5 Å². The highest BCUT2D eigenvalue weighted by molar-refractivity contribution is 5.25. The third-order valence-corrected chi connectivity index (χ3v) is 3.06.